The number of alkyl carbamates (subject to hydrolysis) is 1. The lowest BCUT2D eigenvalue weighted by atomic mass is 10.0. The number of hydrogen-bond donors (Lipinski definition) is 2. The van der Waals surface area contributed by atoms with Crippen LogP contribution in [0.25, 0.3) is 0 Å². The van der Waals surface area contributed by atoms with Crippen LogP contribution in [0.2, 0.25) is 0 Å². The average molecular weight is 435 g/mol. The number of nitrogens with one attached hydrogen (secondary N) is 2. The number of hydrogen-bond acceptors (Lipinski definition) is 5. The van der Waals surface area contributed by atoms with E-state index in [1.807, 2.05) is 79.7 Å². The summed E-state index contributed by atoms with van der Waals surface area (Å²) >= 11 is 0. The van der Waals surface area contributed by atoms with Gasteiger partial charge in [0.05, 0.1) is 13.2 Å². The summed E-state index contributed by atoms with van der Waals surface area (Å²) in [5, 5.41) is 6.39. The zero-order chi connectivity index (χ0) is 22.6. The Kier molecular flexibility index (Phi) is 8.95. The quantitative estimate of drug-likeness (QED) is 0.389. The molecule has 0 saturated carbocycles. The Bertz CT molecular complexity index is 933. The SMILES string of the molecule is CCOC(C[C@H](Nc1ccc(OC)cc1)c1ccccc1)NC(=O)OCc1ccccc1. The minimum Gasteiger partial charge on any atom is -0.497 e. The summed E-state index contributed by atoms with van der Waals surface area (Å²) in [6, 6.07) is 27.3. The maximum atomic E-state index is 12.4. The highest BCUT2D eigenvalue weighted by Gasteiger charge is 2.21. The van der Waals surface area contributed by atoms with Crippen LogP contribution in [-0.2, 0) is 16.1 Å². The normalized spacial score (nSPS) is 12.4. The third kappa shape index (κ3) is 7.32. The molecule has 0 aromatic heterocycles. The summed E-state index contributed by atoms with van der Waals surface area (Å²) in [4.78, 5) is 12.4. The minimum absolute atomic E-state index is 0.0874. The van der Waals surface area contributed by atoms with Crippen molar-refractivity contribution in [1.29, 1.82) is 0 Å². The molecule has 6 heteroatoms. The van der Waals surface area contributed by atoms with Gasteiger partial charge in [0.25, 0.3) is 0 Å². The highest BCUT2D eigenvalue weighted by molar-refractivity contribution is 5.67. The Morgan fingerprint density at radius 1 is 0.906 bits per heavy atom. The highest BCUT2D eigenvalue weighted by atomic mass is 16.6. The van der Waals surface area contributed by atoms with Crippen LogP contribution in [0.3, 0.4) is 0 Å². The van der Waals surface area contributed by atoms with Crippen LogP contribution in [0.15, 0.2) is 84.9 Å². The largest absolute Gasteiger partial charge is 0.497 e. The fraction of sp³-hybridized carbons (Fsp3) is 0.269. The third-order valence-electron chi connectivity index (χ3n) is 4.94. The number of amides is 1. The fourth-order valence-electron chi connectivity index (χ4n) is 3.33. The zero-order valence-electron chi connectivity index (χ0n) is 18.5. The third-order valence-corrected chi connectivity index (χ3v) is 4.94. The van der Waals surface area contributed by atoms with Crippen LogP contribution in [0.1, 0.15) is 30.5 Å². The van der Waals surface area contributed by atoms with Crippen molar-refractivity contribution in [3.8, 4) is 5.75 Å². The van der Waals surface area contributed by atoms with Crippen LogP contribution in [0.4, 0.5) is 10.5 Å². The molecule has 3 aromatic carbocycles. The predicted molar refractivity (Wildman–Crippen MR) is 126 cm³/mol. The van der Waals surface area contributed by atoms with E-state index in [9.17, 15) is 4.79 Å². The van der Waals surface area contributed by atoms with Gasteiger partial charge in [-0.1, -0.05) is 60.7 Å². The molecule has 0 bridgehead atoms. The number of anilines is 1. The van der Waals surface area contributed by atoms with Crippen LogP contribution < -0.4 is 15.4 Å². The number of benzene rings is 3. The molecule has 0 fully saturated rings. The van der Waals surface area contributed by atoms with E-state index in [0.717, 1.165) is 22.6 Å². The van der Waals surface area contributed by atoms with Crippen molar-refractivity contribution in [2.45, 2.75) is 32.2 Å². The van der Waals surface area contributed by atoms with Gasteiger partial charge >= 0.3 is 6.09 Å². The Balaban J connectivity index is 1.67. The lowest BCUT2D eigenvalue weighted by molar-refractivity contribution is 0.0242. The van der Waals surface area contributed by atoms with Gasteiger partial charge in [-0.25, -0.2) is 4.79 Å². The first-order chi connectivity index (χ1) is 15.7. The molecule has 1 amide bonds. The van der Waals surface area contributed by atoms with Gasteiger partial charge < -0.3 is 19.5 Å². The zero-order valence-corrected chi connectivity index (χ0v) is 18.5. The summed E-state index contributed by atoms with van der Waals surface area (Å²) in [6.45, 7) is 2.57. The van der Waals surface area contributed by atoms with Gasteiger partial charge in [-0.3, -0.25) is 5.32 Å². The van der Waals surface area contributed by atoms with E-state index in [0.29, 0.717) is 13.0 Å². The van der Waals surface area contributed by atoms with Crippen LogP contribution in [0.5, 0.6) is 5.75 Å². The highest BCUT2D eigenvalue weighted by Crippen LogP contribution is 2.26. The summed E-state index contributed by atoms with van der Waals surface area (Å²) in [5.74, 6) is 0.793. The van der Waals surface area contributed by atoms with E-state index in [4.69, 9.17) is 14.2 Å². The van der Waals surface area contributed by atoms with Crippen molar-refractivity contribution in [2.75, 3.05) is 19.0 Å². The molecule has 0 radical (unpaired) electrons. The fourth-order valence-corrected chi connectivity index (χ4v) is 3.33. The molecule has 0 aliphatic rings. The van der Waals surface area contributed by atoms with E-state index < -0.39 is 12.3 Å². The summed E-state index contributed by atoms with van der Waals surface area (Å²) in [7, 11) is 1.64. The first-order valence-electron chi connectivity index (χ1n) is 10.7. The monoisotopic (exact) mass is 434 g/mol. The number of rotatable bonds is 11. The van der Waals surface area contributed by atoms with Crippen molar-refractivity contribution in [3.63, 3.8) is 0 Å². The molecular formula is C26H30N2O4. The lowest BCUT2D eigenvalue weighted by Gasteiger charge is -2.26. The molecule has 0 aliphatic heterocycles. The molecule has 168 valence electrons. The van der Waals surface area contributed by atoms with E-state index in [1.54, 1.807) is 7.11 Å². The van der Waals surface area contributed by atoms with E-state index in [1.165, 1.54) is 0 Å². The molecule has 32 heavy (non-hydrogen) atoms. The average Bonchev–Trinajstić information content (AvgIpc) is 2.84. The molecule has 1 unspecified atom stereocenters. The first-order valence-corrected chi connectivity index (χ1v) is 10.7. The summed E-state index contributed by atoms with van der Waals surface area (Å²) < 4.78 is 16.4. The van der Waals surface area contributed by atoms with Crippen molar-refractivity contribution >= 4 is 11.8 Å². The second-order valence-corrected chi connectivity index (χ2v) is 7.22. The Morgan fingerprint density at radius 2 is 1.56 bits per heavy atom. The number of carbonyl (C=O) groups is 1. The topological polar surface area (TPSA) is 68.8 Å². The van der Waals surface area contributed by atoms with Crippen LogP contribution >= 0.6 is 0 Å². The van der Waals surface area contributed by atoms with E-state index in [2.05, 4.69) is 22.8 Å². The van der Waals surface area contributed by atoms with Gasteiger partial charge in [-0.15, -0.1) is 0 Å². The summed E-state index contributed by atoms with van der Waals surface area (Å²) in [6.07, 6.45) is -0.507. The molecule has 0 heterocycles. The summed E-state index contributed by atoms with van der Waals surface area (Å²) in [5.41, 5.74) is 2.97. The second-order valence-electron chi connectivity index (χ2n) is 7.22. The molecular weight excluding hydrogens is 404 g/mol. The van der Waals surface area contributed by atoms with Gasteiger partial charge in [0.15, 0.2) is 0 Å². The second kappa shape index (κ2) is 12.4. The molecule has 0 aliphatic carbocycles. The van der Waals surface area contributed by atoms with Gasteiger partial charge in [0.1, 0.15) is 18.6 Å². The van der Waals surface area contributed by atoms with Gasteiger partial charge in [0.2, 0.25) is 0 Å². The van der Waals surface area contributed by atoms with Crippen molar-refractivity contribution < 1.29 is 19.0 Å². The molecule has 0 saturated heterocycles. The smallest absolute Gasteiger partial charge is 0.409 e. The van der Waals surface area contributed by atoms with Gasteiger partial charge in [-0.2, -0.15) is 0 Å². The maximum Gasteiger partial charge on any atom is 0.409 e. The van der Waals surface area contributed by atoms with E-state index >= 15 is 0 Å². The molecule has 3 aromatic rings. The van der Waals surface area contributed by atoms with Crippen LogP contribution in [-0.4, -0.2) is 26.0 Å². The van der Waals surface area contributed by atoms with Crippen LogP contribution in [0, 0.1) is 0 Å². The first kappa shape index (κ1) is 23.2. The number of methoxy groups -OCH3 is 1. The van der Waals surface area contributed by atoms with Crippen molar-refractivity contribution in [2.24, 2.45) is 0 Å². The Morgan fingerprint density at radius 3 is 2.19 bits per heavy atom. The molecule has 0 spiro atoms. The van der Waals surface area contributed by atoms with Gasteiger partial charge in [0, 0.05) is 18.7 Å². The van der Waals surface area contributed by atoms with E-state index in [-0.39, 0.29) is 12.6 Å². The van der Waals surface area contributed by atoms with Crippen molar-refractivity contribution in [3.05, 3.63) is 96.1 Å². The molecule has 3 rings (SSSR count). The maximum absolute atomic E-state index is 12.4. The Labute approximate surface area is 189 Å². The Hall–Kier alpha value is -3.51. The van der Waals surface area contributed by atoms with Crippen molar-refractivity contribution in [1.82, 2.24) is 5.32 Å². The molecule has 2 N–H and O–H groups in total. The minimum atomic E-state index is -0.515. The molecule has 6 nitrogen and oxygen atoms in total. The lowest BCUT2D eigenvalue weighted by Crippen LogP contribution is -2.39. The molecule has 2 atom stereocenters. The number of ether oxygens (including phenoxy) is 3. The number of carbonyl (C=O) groups excluding carboxylic acids is 1. The standard InChI is InChI=1S/C26H30N2O4/c1-3-31-25(28-26(29)32-19-20-10-6-4-7-11-20)18-24(21-12-8-5-9-13-21)27-22-14-16-23(30-2)17-15-22/h4-17,24-25,27H,3,18-19H2,1-2H3,(H,28,29)/t24-,25?/m0/s1. The predicted octanol–water partition coefficient (Wildman–Crippen LogP) is 5.53. The van der Waals surface area contributed by atoms with Gasteiger partial charge in [-0.05, 0) is 42.3 Å².